The Balaban J connectivity index is 0.000000625. The molecule has 0 bridgehead atoms. The van der Waals surface area contributed by atoms with Crippen LogP contribution in [0.15, 0.2) is 122 Å². The average molecular weight is 2340 g/mol. The summed E-state index contributed by atoms with van der Waals surface area (Å²) in [5.41, 5.74) is -7.29. The smallest absolute Gasteiger partial charge is 0.344 e. The molecule has 0 aliphatic carbocycles. The summed E-state index contributed by atoms with van der Waals surface area (Å²) in [6, 6.07) is 29.2. The van der Waals surface area contributed by atoms with Crippen molar-refractivity contribution in [2.75, 3.05) is 0 Å². The standard InChI is InChI=1S/2C13H7F6N2.3C12H7F4N2.5Ir/c1-7-5-8(6-11(20-7)13(17,18)19)9-3-2-4-10(21-9)12(14,15)16;1-7-8(5-6-11(20-7)13(17,18)19)9-3-2-4-10(21-9)12(14,15)16;1-7-4-8(5-11(18-7)12(14,15)16)10-6-9(13)2-3-17-10;1-7-4-8(5-11(18-7)12(14,15)16)10-3-2-9(13)6-17-10;1-7-9(10-6-8(13)4-5-17-10)2-3-11(18-7)12(14,15)16;;;;;/h2-5H,1H3;2-4,6H,1H3;2*2-4,6H,1H3;3-6H,1H3;;;;;/q5*-1;;;;;. The van der Waals surface area contributed by atoms with E-state index in [-0.39, 0.29) is 185 Å². The molecule has 101 heavy (non-hydrogen) atoms. The van der Waals surface area contributed by atoms with Crippen molar-refractivity contribution in [3.05, 3.63) is 238 Å². The van der Waals surface area contributed by atoms with Crippen LogP contribution < -0.4 is 0 Å². The van der Waals surface area contributed by atoms with Crippen LogP contribution >= 0.6 is 0 Å². The Kier molecular flexibility index (Phi) is 34.2. The molecule has 0 unspecified atom stereocenters. The summed E-state index contributed by atoms with van der Waals surface area (Å²) >= 11 is 0. The van der Waals surface area contributed by atoms with Gasteiger partial charge in [0.2, 0.25) is 0 Å². The van der Waals surface area contributed by atoms with E-state index in [1.807, 2.05) is 6.07 Å². The normalized spacial score (nSPS) is 11.4. The van der Waals surface area contributed by atoms with Crippen LogP contribution in [-0.4, -0.2) is 49.8 Å². The molecule has 10 aromatic rings. The van der Waals surface area contributed by atoms with E-state index in [0.29, 0.717) is 6.07 Å². The van der Waals surface area contributed by atoms with Gasteiger partial charge in [-0.25, -0.2) is 13.2 Å². The molecule has 0 aromatic carbocycles. The minimum absolute atomic E-state index is 0. The van der Waals surface area contributed by atoms with E-state index in [2.05, 4.69) is 74.1 Å². The Morgan fingerprint density at radius 2 is 0.634 bits per heavy atom. The third-order valence-electron chi connectivity index (χ3n) is 11.7. The molecule has 10 nitrogen and oxygen atoms in total. The van der Waals surface area contributed by atoms with Crippen molar-refractivity contribution in [1.29, 1.82) is 0 Å². The molecule has 0 atom stereocenters. The van der Waals surface area contributed by atoms with Gasteiger partial charge in [0, 0.05) is 119 Å². The van der Waals surface area contributed by atoms with Crippen molar-refractivity contribution in [2.45, 2.75) is 77.9 Å². The predicted molar refractivity (Wildman–Crippen MR) is 290 cm³/mol. The van der Waals surface area contributed by atoms with Crippen LogP contribution in [0.3, 0.4) is 0 Å². The number of aryl methyl sites for hydroxylation is 5. The fourth-order valence-electron chi connectivity index (χ4n) is 7.58. The van der Waals surface area contributed by atoms with Gasteiger partial charge in [0.1, 0.15) is 28.8 Å². The van der Waals surface area contributed by atoms with Gasteiger partial charge in [0.15, 0.2) is 0 Å². The molecule has 0 N–H and O–H groups in total. The second-order valence-electron chi connectivity index (χ2n) is 19.2. The molecular formula is C62H35F24Ir5N10-5. The average Bonchev–Trinajstić information content (AvgIpc) is 0.834. The number of aromatic nitrogens is 10. The van der Waals surface area contributed by atoms with E-state index in [0.717, 1.165) is 66.9 Å². The zero-order valence-electron chi connectivity index (χ0n) is 50.3. The van der Waals surface area contributed by atoms with E-state index < -0.39 is 101 Å². The molecule has 0 amide bonds. The van der Waals surface area contributed by atoms with Gasteiger partial charge in [-0.2, -0.15) is 109 Å². The summed E-state index contributed by atoms with van der Waals surface area (Å²) in [4.78, 5) is 34.9. The first-order chi connectivity index (χ1) is 44.3. The fourth-order valence-corrected chi connectivity index (χ4v) is 7.58. The Bertz CT molecular complexity index is 4340. The summed E-state index contributed by atoms with van der Waals surface area (Å²) in [6.07, 6.45) is -29.0. The first-order valence-electron chi connectivity index (χ1n) is 26.1. The Hall–Kier alpha value is -6.93. The third-order valence-corrected chi connectivity index (χ3v) is 11.7. The van der Waals surface area contributed by atoms with Crippen LogP contribution in [0.2, 0.25) is 0 Å². The van der Waals surface area contributed by atoms with Gasteiger partial charge in [0.25, 0.3) is 0 Å². The first-order valence-corrected chi connectivity index (χ1v) is 26.1. The molecule has 0 fully saturated rings. The van der Waals surface area contributed by atoms with Crippen LogP contribution in [-0.2, 0) is 144 Å². The van der Waals surface area contributed by atoms with E-state index in [1.165, 1.54) is 83.4 Å². The van der Waals surface area contributed by atoms with Crippen molar-refractivity contribution in [1.82, 2.24) is 49.8 Å². The van der Waals surface area contributed by atoms with Gasteiger partial charge < -0.3 is 29.9 Å². The SMILES string of the molecule is Cc1cc(-c2cc(F)ccn2)[c-]c(C(F)(F)F)n1.Cc1cc(-c2ccc(F)cn2)[c-]c(C(F)(F)F)n1.Cc1cc(-c2cccc(C(F)(F)F)n2)[c-]c(C(F)(F)F)n1.Cc1nc(C(F)(F)F)c[c-]c1-c1cc(F)ccn1.Cc1nc(C(F)(F)F)c[c-]c1-c1cccc(C(F)(F)F)n1.[Ir].[Ir].[Ir].[Ir].[Ir]. The van der Waals surface area contributed by atoms with Crippen molar-refractivity contribution < 1.29 is 206 Å². The third kappa shape index (κ3) is 27.7. The van der Waals surface area contributed by atoms with Crippen LogP contribution in [0, 0.1) is 82.4 Å². The maximum Gasteiger partial charge on any atom is 0.432 e. The number of nitrogens with zero attached hydrogens (tertiary/aromatic N) is 10. The van der Waals surface area contributed by atoms with Gasteiger partial charge in [-0.3, -0.25) is 19.9 Å². The molecule has 0 spiro atoms. The maximum absolute atomic E-state index is 13.0. The van der Waals surface area contributed by atoms with E-state index in [4.69, 9.17) is 0 Å². The van der Waals surface area contributed by atoms with Gasteiger partial charge in [0.05, 0.1) is 28.5 Å². The molecule has 0 aliphatic heterocycles. The summed E-state index contributed by atoms with van der Waals surface area (Å²) in [5, 5.41) is 0. The Labute approximate surface area is 623 Å². The number of rotatable bonds is 5. The summed E-state index contributed by atoms with van der Waals surface area (Å²) < 4.78 is 302. The quantitative estimate of drug-likeness (QED) is 0.121. The molecular weight excluding hydrogens is 2300 g/mol. The topological polar surface area (TPSA) is 129 Å². The van der Waals surface area contributed by atoms with Crippen molar-refractivity contribution in [2.24, 2.45) is 0 Å². The van der Waals surface area contributed by atoms with Gasteiger partial charge >= 0.3 is 43.2 Å². The molecule has 551 valence electrons. The molecule has 0 aliphatic rings. The summed E-state index contributed by atoms with van der Waals surface area (Å²) in [5.74, 6) is -1.65. The van der Waals surface area contributed by atoms with Crippen molar-refractivity contribution >= 4 is 0 Å². The van der Waals surface area contributed by atoms with Gasteiger partial charge in [-0.15, -0.1) is 71.8 Å². The van der Waals surface area contributed by atoms with Gasteiger partial charge in [-0.05, 0) is 114 Å². The molecule has 10 rings (SSSR count). The van der Waals surface area contributed by atoms with Crippen LogP contribution in [0.4, 0.5) is 105 Å². The Morgan fingerprint density at radius 1 is 0.297 bits per heavy atom. The zero-order valence-corrected chi connectivity index (χ0v) is 62.2. The maximum atomic E-state index is 13.0. The summed E-state index contributed by atoms with van der Waals surface area (Å²) in [6.45, 7) is 6.82. The minimum Gasteiger partial charge on any atom is -0.344 e. The number of halogens is 24. The van der Waals surface area contributed by atoms with Crippen molar-refractivity contribution in [3.63, 3.8) is 0 Å². The second kappa shape index (κ2) is 37.5. The van der Waals surface area contributed by atoms with Crippen LogP contribution in [0.5, 0.6) is 0 Å². The number of hydrogen-bond acceptors (Lipinski definition) is 10. The molecule has 10 heterocycles. The van der Waals surface area contributed by atoms with Gasteiger partial charge in [-0.1, -0.05) is 50.2 Å². The second-order valence-corrected chi connectivity index (χ2v) is 19.2. The van der Waals surface area contributed by atoms with E-state index >= 15 is 0 Å². The van der Waals surface area contributed by atoms with E-state index in [9.17, 15) is 105 Å². The predicted octanol–water partition coefficient (Wildman–Crippen LogP) is 18.8. The molecule has 39 heteroatoms. The largest absolute Gasteiger partial charge is 0.432 e. The number of pyridine rings is 10. The molecule has 5 radical (unpaired) electrons. The number of alkyl halides is 21. The minimum atomic E-state index is -4.73. The summed E-state index contributed by atoms with van der Waals surface area (Å²) in [7, 11) is 0. The van der Waals surface area contributed by atoms with Crippen LogP contribution in [0.1, 0.15) is 68.3 Å². The molecule has 10 aromatic heterocycles. The monoisotopic (exact) mass is 2340 g/mol. The first kappa shape index (κ1) is 92.1. The fraction of sp³-hybridized carbons (Fsp3) is 0.194. The molecule has 0 saturated carbocycles. The number of hydrogen-bond donors (Lipinski definition) is 0. The molecule has 0 saturated heterocycles. The Morgan fingerprint density at radius 3 is 0.980 bits per heavy atom. The van der Waals surface area contributed by atoms with Crippen LogP contribution in [0.25, 0.3) is 56.3 Å². The zero-order chi connectivity index (χ0) is 71.7. The van der Waals surface area contributed by atoms with E-state index in [1.54, 1.807) is 0 Å². The van der Waals surface area contributed by atoms with Crippen molar-refractivity contribution in [3.8, 4) is 56.3 Å².